The number of aryl methyl sites for hydroxylation is 2. The van der Waals surface area contributed by atoms with Crippen LogP contribution in [0.4, 0.5) is 0 Å². The summed E-state index contributed by atoms with van der Waals surface area (Å²) in [7, 11) is 0. The molecule has 0 spiro atoms. The largest absolute Gasteiger partial charge is 0.272 e. The van der Waals surface area contributed by atoms with Crippen LogP contribution in [0.5, 0.6) is 0 Å². The number of benzene rings is 2. The number of amides is 1. The number of carbonyl (C=O) groups is 1. The summed E-state index contributed by atoms with van der Waals surface area (Å²) in [5, 5.41) is 5.63. The maximum Gasteiger partial charge on any atom is 0.250 e. The van der Waals surface area contributed by atoms with Gasteiger partial charge in [-0.25, -0.2) is 5.43 Å². The number of hydrogen-bond donors (Lipinski definition) is 1. The highest BCUT2D eigenvalue weighted by molar-refractivity contribution is 8.00. The van der Waals surface area contributed by atoms with Gasteiger partial charge in [0.25, 0.3) is 0 Å². The molecule has 0 saturated carbocycles. The van der Waals surface area contributed by atoms with Crippen LogP contribution < -0.4 is 5.43 Å². The number of rotatable bonds is 5. The highest BCUT2D eigenvalue weighted by Gasteiger charge is 2.08. The first kappa shape index (κ1) is 18.4. The van der Waals surface area contributed by atoms with Gasteiger partial charge in [0, 0.05) is 26.6 Å². The molecule has 132 valence electrons. The van der Waals surface area contributed by atoms with E-state index in [4.69, 9.17) is 11.6 Å². The van der Waals surface area contributed by atoms with E-state index in [1.54, 1.807) is 12.3 Å². The van der Waals surface area contributed by atoms with E-state index in [2.05, 4.69) is 21.6 Å². The molecule has 0 radical (unpaired) electrons. The molecule has 0 saturated heterocycles. The number of nitrogens with zero attached hydrogens (tertiary/aromatic N) is 2. The smallest absolute Gasteiger partial charge is 0.250 e. The van der Waals surface area contributed by atoms with Gasteiger partial charge in [-0.05, 0) is 38.1 Å². The Bertz CT molecular complexity index is 988. The molecule has 0 aliphatic rings. The molecule has 4 nitrogen and oxygen atoms in total. The Morgan fingerprint density at radius 1 is 1.23 bits per heavy atom. The van der Waals surface area contributed by atoms with Crippen LogP contribution >= 0.6 is 23.4 Å². The molecular weight excluding hydrogens is 366 g/mol. The van der Waals surface area contributed by atoms with Gasteiger partial charge < -0.3 is 0 Å². The Balaban J connectivity index is 1.65. The monoisotopic (exact) mass is 383 g/mol. The Morgan fingerprint density at radius 3 is 2.85 bits per heavy atom. The number of fused-ring (bicyclic) bond motifs is 1. The third kappa shape index (κ3) is 4.62. The predicted octanol–water partition coefficient (Wildman–Crippen LogP) is 4.75. The van der Waals surface area contributed by atoms with Crippen LogP contribution in [0.2, 0.25) is 5.02 Å². The third-order valence-electron chi connectivity index (χ3n) is 3.71. The summed E-state index contributed by atoms with van der Waals surface area (Å²) >= 11 is 7.53. The van der Waals surface area contributed by atoms with Crippen LogP contribution in [0, 0.1) is 13.8 Å². The normalized spacial score (nSPS) is 11.2. The fourth-order valence-corrected chi connectivity index (χ4v) is 3.59. The summed E-state index contributed by atoms with van der Waals surface area (Å²) in [5.41, 5.74) is 6.33. The van der Waals surface area contributed by atoms with Crippen molar-refractivity contribution in [2.45, 2.75) is 18.7 Å². The molecule has 6 heteroatoms. The molecule has 1 heterocycles. The third-order valence-corrected chi connectivity index (χ3v) is 5.11. The second-order valence-electron chi connectivity index (χ2n) is 5.89. The highest BCUT2D eigenvalue weighted by Crippen LogP contribution is 2.28. The number of pyridine rings is 1. The van der Waals surface area contributed by atoms with Crippen LogP contribution in [-0.2, 0) is 4.79 Å². The number of hydrogen-bond acceptors (Lipinski definition) is 4. The quantitative estimate of drug-likeness (QED) is 0.393. The summed E-state index contributed by atoms with van der Waals surface area (Å²) in [6.07, 6.45) is 1.54. The van der Waals surface area contributed by atoms with Crippen molar-refractivity contribution in [2.24, 2.45) is 5.10 Å². The minimum atomic E-state index is -0.173. The molecule has 0 atom stereocenters. The van der Waals surface area contributed by atoms with Gasteiger partial charge in [0.05, 0.1) is 17.5 Å². The number of carbonyl (C=O) groups excluding carboxylic acids is 1. The van der Waals surface area contributed by atoms with Crippen LogP contribution in [0.3, 0.4) is 0 Å². The highest BCUT2D eigenvalue weighted by atomic mass is 35.5. The van der Waals surface area contributed by atoms with Gasteiger partial charge in [-0.1, -0.05) is 41.4 Å². The molecule has 0 bridgehead atoms. The summed E-state index contributed by atoms with van der Waals surface area (Å²) in [6, 6.07) is 15.5. The number of nitrogens with one attached hydrogen (secondary N) is 1. The maximum atomic E-state index is 12.1. The van der Waals surface area contributed by atoms with Crippen molar-refractivity contribution in [2.75, 3.05) is 5.75 Å². The Labute approximate surface area is 161 Å². The summed E-state index contributed by atoms with van der Waals surface area (Å²) in [4.78, 5) is 17.7. The first-order chi connectivity index (χ1) is 12.5. The Kier molecular flexibility index (Phi) is 5.91. The van der Waals surface area contributed by atoms with E-state index in [9.17, 15) is 4.79 Å². The SMILES string of the molecule is Cc1ccc2nc(C)cc(SCC(=O)NN=Cc3ccccc3Cl)c2c1. The molecule has 1 amide bonds. The van der Waals surface area contributed by atoms with Crippen LogP contribution in [0.25, 0.3) is 10.9 Å². The summed E-state index contributed by atoms with van der Waals surface area (Å²) < 4.78 is 0. The fourth-order valence-electron chi connectivity index (χ4n) is 2.48. The van der Waals surface area contributed by atoms with Gasteiger partial charge in [0.2, 0.25) is 5.91 Å². The molecule has 2 aromatic carbocycles. The zero-order chi connectivity index (χ0) is 18.5. The summed E-state index contributed by atoms with van der Waals surface area (Å²) in [5.74, 6) is 0.0976. The van der Waals surface area contributed by atoms with Crippen LogP contribution in [-0.4, -0.2) is 22.9 Å². The molecule has 1 aromatic heterocycles. The predicted molar refractivity (Wildman–Crippen MR) is 109 cm³/mol. The van der Waals surface area contributed by atoms with E-state index < -0.39 is 0 Å². The van der Waals surface area contributed by atoms with Gasteiger partial charge in [-0.2, -0.15) is 5.10 Å². The van der Waals surface area contributed by atoms with Gasteiger partial charge in [-0.3, -0.25) is 9.78 Å². The Hall–Kier alpha value is -2.37. The molecular formula is C20H18ClN3OS. The van der Waals surface area contributed by atoms with E-state index in [0.29, 0.717) is 5.02 Å². The van der Waals surface area contributed by atoms with E-state index in [1.165, 1.54) is 17.3 Å². The van der Waals surface area contributed by atoms with Gasteiger partial charge in [0.1, 0.15) is 0 Å². The maximum absolute atomic E-state index is 12.1. The molecule has 3 rings (SSSR count). The molecule has 26 heavy (non-hydrogen) atoms. The second-order valence-corrected chi connectivity index (χ2v) is 7.31. The number of hydrazone groups is 1. The average molecular weight is 384 g/mol. The van der Waals surface area contributed by atoms with Crippen molar-refractivity contribution in [1.29, 1.82) is 0 Å². The number of halogens is 1. The topological polar surface area (TPSA) is 54.4 Å². The van der Waals surface area contributed by atoms with Crippen molar-refractivity contribution in [3.8, 4) is 0 Å². The van der Waals surface area contributed by atoms with Crippen molar-refractivity contribution >= 4 is 46.4 Å². The van der Waals surface area contributed by atoms with Crippen molar-refractivity contribution < 1.29 is 4.79 Å². The fraction of sp³-hybridized carbons (Fsp3) is 0.150. The van der Waals surface area contributed by atoms with Crippen LogP contribution in [0.1, 0.15) is 16.8 Å². The zero-order valence-electron chi connectivity index (χ0n) is 14.5. The van der Waals surface area contributed by atoms with E-state index in [0.717, 1.165) is 27.1 Å². The lowest BCUT2D eigenvalue weighted by molar-refractivity contribution is -0.118. The minimum absolute atomic E-state index is 0.173. The second kappa shape index (κ2) is 8.34. The van der Waals surface area contributed by atoms with Crippen LogP contribution in [0.15, 0.2) is 58.5 Å². The molecule has 0 fully saturated rings. The first-order valence-electron chi connectivity index (χ1n) is 8.10. The Morgan fingerprint density at radius 2 is 2.04 bits per heavy atom. The lowest BCUT2D eigenvalue weighted by atomic mass is 10.1. The summed E-state index contributed by atoms with van der Waals surface area (Å²) in [6.45, 7) is 4.00. The molecule has 0 unspecified atom stereocenters. The number of aromatic nitrogens is 1. The van der Waals surface area contributed by atoms with E-state index in [-0.39, 0.29) is 11.7 Å². The van der Waals surface area contributed by atoms with Crippen molar-refractivity contribution in [1.82, 2.24) is 10.4 Å². The van der Waals surface area contributed by atoms with E-state index in [1.807, 2.05) is 50.2 Å². The lowest BCUT2D eigenvalue weighted by Crippen LogP contribution is -2.19. The number of thioether (sulfide) groups is 1. The average Bonchev–Trinajstić information content (AvgIpc) is 2.61. The van der Waals surface area contributed by atoms with Gasteiger partial charge >= 0.3 is 0 Å². The van der Waals surface area contributed by atoms with Gasteiger partial charge in [-0.15, -0.1) is 11.8 Å². The minimum Gasteiger partial charge on any atom is -0.272 e. The van der Waals surface area contributed by atoms with Crippen molar-refractivity contribution in [3.05, 3.63) is 70.4 Å². The lowest BCUT2D eigenvalue weighted by Gasteiger charge is -2.08. The zero-order valence-corrected chi connectivity index (χ0v) is 16.1. The molecule has 0 aliphatic heterocycles. The standard InChI is InChI=1S/C20H18ClN3OS/c1-13-7-8-18-16(9-13)19(10-14(2)23-18)26-12-20(25)24-22-11-15-5-3-4-6-17(15)21/h3-11H,12H2,1-2H3,(H,24,25). The van der Waals surface area contributed by atoms with Crippen molar-refractivity contribution in [3.63, 3.8) is 0 Å². The molecule has 3 aromatic rings. The van der Waals surface area contributed by atoms with Gasteiger partial charge in [0.15, 0.2) is 0 Å². The molecule has 0 aliphatic carbocycles. The van der Waals surface area contributed by atoms with E-state index >= 15 is 0 Å². The molecule has 1 N–H and O–H groups in total. The first-order valence-corrected chi connectivity index (χ1v) is 9.46.